The van der Waals surface area contributed by atoms with Gasteiger partial charge in [-0.25, -0.2) is 4.79 Å². The topological polar surface area (TPSA) is 125 Å². The SMILES string of the molecule is C=CCNc1nnc(S[C@@H](C)C(=O)c2c(N)n(C)c(=O)n(C)c2=O)s1. The molecule has 0 fully saturated rings. The molecule has 0 saturated carbocycles. The van der Waals surface area contributed by atoms with Gasteiger partial charge in [0.2, 0.25) is 5.13 Å². The highest BCUT2D eigenvalue weighted by Gasteiger charge is 2.26. The number of thioether (sulfide) groups is 1. The molecular weight excluding hydrogens is 364 g/mol. The summed E-state index contributed by atoms with van der Waals surface area (Å²) in [5.74, 6) is -0.606. The molecule has 2 rings (SSSR count). The lowest BCUT2D eigenvalue weighted by Gasteiger charge is -2.13. The molecular formula is C14H18N6O3S2. The highest BCUT2D eigenvalue weighted by molar-refractivity contribution is 8.02. The monoisotopic (exact) mass is 382 g/mol. The molecule has 0 bridgehead atoms. The van der Waals surface area contributed by atoms with Crippen molar-refractivity contribution in [3.8, 4) is 0 Å². The molecule has 0 unspecified atom stereocenters. The molecule has 2 aromatic rings. The number of Topliss-reactive ketones (excluding diaryl/α,β-unsaturated/α-hetero) is 1. The summed E-state index contributed by atoms with van der Waals surface area (Å²) in [5.41, 5.74) is 4.34. The fraction of sp³-hybridized carbons (Fsp3) is 0.357. The summed E-state index contributed by atoms with van der Waals surface area (Å²) in [6.07, 6.45) is 1.69. The van der Waals surface area contributed by atoms with Gasteiger partial charge in [-0.05, 0) is 6.92 Å². The van der Waals surface area contributed by atoms with Gasteiger partial charge in [-0.3, -0.25) is 18.7 Å². The van der Waals surface area contributed by atoms with Crippen LogP contribution in [-0.4, -0.2) is 36.9 Å². The van der Waals surface area contributed by atoms with Crippen molar-refractivity contribution in [1.29, 1.82) is 0 Å². The third-order valence-electron chi connectivity index (χ3n) is 3.41. The standard InChI is InChI=1S/C14H18N6O3S2/c1-5-6-16-12-17-18-13(25-12)24-7(2)9(21)8-10(15)19(3)14(23)20(4)11(8)22/h5,7H,1,6,15H2,2-4H3,(H,16,17)/t7-/m0/s1. The Labute approximate surface area is 151 Å². The van der Waals surface area contributed by atoms with Gasteiger partial charge in [-0.15, -0.1) is 16.8 Å². The van der Waals surface area contributed by atoms with Crippen LogP contribution in [0.2, 0.25) is 0 Å². The molecule has 3 N–H and O–H groups in total. The van der Waals surface area contributed by atoms with Gasteiger partial charge in [0.05, 0.1) is 5.25 Å². The van der Waals surface area contributed by atoms with Crippen molar-refractivity contribution in [2.45, 2.75) is 16.5 Å². The first-order valence-corrected chi connectivity index (χ1v) is 8.92. The number of carbonyl (C=O) groups excluding carboxylic acids is 1. The fourth-order valence-electron chi connectivity index (χ4n) is 1.99. The molecule has 1 atom stereocenters. The van der Waals surface area contributed by atoms with Gasteiger partial charge in [0, 0.05) is 20.6 Å². The lowest BCUT2D eigenvalue weighted by molar-refractivity contribution is 0.0992. The molecule has 25 heavy (non-hydrogen) atoms. The van der Waals surface area contributed by atoms with Gasteiger partial charge in [0.25, 0.3) is 5.56 Å². The zero-order chi connectivity index (χ0) is 18.7. The Balaban J connectivity index is 2.26. The molecule has 0 aromatic carbocycles. The molecule has 0 radical (unpaired) electrons. The average Bonchev–Trinajstić information content (AvgIpc) is 3.03. The van der Waals surface area contributed by atoms with Crippen molar-refractivity contribution < 1.29 is 4.79 Å². The third kappa shape index (κ3) is 3.82. The fourth-order valence-corrected chi connectivity index (χ4v) is 3.95. The summed E-state index contributed by atoms with van der Waals surface area (Å²) < 4.78 is 2.52. The van der Waals surface area contributed by atoms with Gasteiger partial charge < -0.3 is 11.1 Å². The van der Waals surface area contributed by atoms with E-state index in [9.17, 15) is 14.4 Å². The maximum absolute atomic E-state index is 12.7. The van der Waals surface area contributed by atoms with E-state index in [1.54, 1.807) is 13.0 Å². The number of hydrogen-bond donors (Lipinski definition) is 2. The first-order valence-electron chi connectivity index (χ1n) is 7.22. The second-order valence-electron chi connectivity index (χ2n) is 5.13. The van der Waals surface area contributed by atoms with E-state index >= 15 is 0 Å². The third-order valence-corrected chi connectivity index (χ3v) is 5.47. The van der Waals surface area contributed by atoms with E-state index in [1.807, 2.05) is 0 Å². The van der Waals surface area contributed by atoms with E-state index in [2.05, 4.69) is 22.1 Å². The van der Waals surface area contributed by atoms with Crippen LogP contribution in [0.4, 0.5) is 10.9 Å². The van der Waals surface area contributed by atoms with E-state index < -0.39 is 22.3 Å². The number of anilines is 2. The summed E-state index contributed by atoms with van der Waals surface area (Å²) in [4.78, 5) is 36.8. The minimum absolute atomic E-state index is 0.142. The predicted octanol–water partition coefficient (Wildman–Crippen LogP) is 0.479. The Morgan fingerprint density at radius 2 is 2.08 bits per heavy atom. The van der Waals surface area contributed by atoms with Gasteiger partial charge in [0.1, 0.15) is 11.4 Å². The van der Waals surface area contributed by atoms with Crippen LogP contribution in [0.1, 0.15) is 17.3 Å². The molecule has 0 amide bonds. The van der Waals surface area contributed by atoms with E-state index in [0.717, 1.165) is 9.13 Å². The quantitative estimate of drug-likeness (QED) is 0.402. The summed E-state index contributed by atoms with van der Waals surface area (Å²) in [7, 11) is 2.72. The molecule has 11 heteroatoms. The van der Waals surface area contributed by atoms with Crippen LogP contribution in [0.3, 0.4) is 0 Å². The Hall–Kier alpha value is -2.40. The van der Waals surface area contributed by atoms with Gasteiger partial charge >= 0.3 is 5.69 Å². The van der Waals surface area contributed by atoms with E-state index in [0.29, 0.717) is 16.0 Å². The van der Waals surface area contributed by atoms with Crippen molar-refractivity contribution in [1.82, 2.24) is 19.3 Å². The minimum atomic E-state index is -0.705. The van der Waals surface area contributed by atoms with E-state index in [1.165, 1.54) is 37.2 Å². The molecule has 2 aromatic heterocycles. The Morgan fingerprint density at radius 3 is 2.72 bits per heavy atom. The van der Waals surface area contributed by atoms with Crippen molar-refractivity contribution >= 4 is 39.8 Å². The normalized spacial score (nSPS) is 12.0. The van der Waals surface area contributed by atoms with E-state index in [-0.39, 0.29) is 11.4 Å². The van der Waals surface area contributed by atoms with Crippen LogP contribution >= 0.6 is 23.1 Å². The first kappa shape index (κ1) is 18.9. The zero-order valence-corrected chi connectivity index (χ0v) is 15.6. The second kappa shape index (κ2) is 7.66. The number of rotatable bonds is 7. The summed E-state index contributed by atoms with van der Waals surface area (Å²) in [5, 5.41) is 10.9. The van der Waals surface area contributed by atoms with Gasteiger partial charge in [0.15, 0.2) is 10.1 Å². The maximum atomic E-state index is 12.7. The molecule has 9 nitrogen and oxygen atoms in total. The summed E-state index contributed by atoms with van der Waals surface area (Å²) >= 11 is 2.46. The Kier molecular flexibility index (Phi) is 5.80. The smallest absolute Gasteiger partial charge is 0.332 e. The average molecular weight is 382 g/mol. The van der Waals surface area contributed by atoms with Gasteiger partial charge in [-0.1, -0.05) is 29.2 Å². The van der Waals surface area contributed by atoms with Crippen molar-refractivity contribution in [2.75, 3.05) is 17.6 Å². The molecule has 0 aliphatic carbocycles. The van der Waals surface area contributed by atoms with Gasteiger partial charge in [-0.2, -0.15) is 0 Å². The van der Waals surface area contributed by atoms with Crippen molar-refractivity contribution in [3.05, 3.63) is 39.1 Å². The number of nitrogen functional groups attached to an aromatic ring is 1. The summed E-state index contributed by atoms with van der Waals surface area (Å²) in [6, 6.07) is 0. The number of nitrogens with one attached hydrogen (secondary N) is 1. The summed E-state index contributed by atoms with van der Waals surface area (Å²) in [6.45, 7) is 5.80. The van der Waals surface area contributed by atoms with Crippen LogP contribution in [-0.2, 0) is 14.1 Å². The van der Waals surface area contributed by atoms with Crippen LogP contribution < -0.4 is 22.3 Å². The number of ketones is 1. The van der Waals surface area contributed by atoms with Crippen LogP contribution in [0.5, 0.6) is 0 Å². The predicted molar refractivity (Wildman–Crippen MR) is 99.6 cm³/mol. The molecule has 0 saturated heterocycles. The van der Waals surface area contributed by atoms with Crippen LogP contribution in [0.25, 0.3) is 0 Å². The molecule has 0 aliphatic rings. The molecule has 2 heterocycles. The Bertz CT molecular complexity index is 930. The highest BCUT2D eigenvalue weighted by Crippen LogP contribution is 2.30. The maximum Gasteiger partial charge on any atom is 0.332 e. The van der Waals surface area contributed by atoms with Crippen molar-refractivity contribution in [2.24, 2.45) is 14.1 Å². The minimum Gasteiger partial charge on any atom is -0.384 e. The number of carbonyl (C=O) groups is 1. The van der Waals surface area contributed by atoms with Crippen LogP contribution in [0.15, 0.2) is 26.6 Å². The highest BCUT2D eigenvalue weighted by atomic mass is 32.2. The van der Waals surface area contributed by atoms with Crippen molar-refractivity contribution in [3.63, 3.8) is 0 Å². The largest absolute Gasteiger partial charge is 0.384 e. The lowest BCUT2D eigenvalue weighted by Crippen LogP contribution is -2.42. The molecule has 0 spiro atoms. The first-order chi connectivity index (χ1) is 11.8. The van der Waals surface area contributed by atoms with E-state index in [4.69, 9.17) is 5.73 Å². The molecule has 0 aliphatic heterocycles. The van der Waals surface area contributed by atoms with Crippen LogP contribution in [0, 0.1) is 0 Å². The lowest BCUT2D eigenvalue weighted by atomic mass is 10.1. The number of hydrogen-bond acceptors (Lipinski definition) is 9. The zero-order valence-electron chi connectivity index (χ0n) is 14.0. The Morgan fingerprint density at radius 1 is 1.40 bits per heavy atom. The number of aromatic nitrogens is 4. The number of nitrogens with zero attached hydrogens (tertiary/aromatic N) is 4. The molecule has 134 valence electrons. The number of nitrogens with two attached hydrogens (primary N) is 1. The second-order valence-corrected chi connectivity index (χ2v) is 7.70.